The Kier molecular flexibility index (Phi) is 0.980. The van der Waals surface area contributed by atoms with Crippen LogP contribution in [0.5, 0.6) is 0 Å². The van der Waals surface area contributed by atoms with Gasteiger partial charge in [-0.05, 0) is 12.8 Å². The smallest absolute Gasteiger partial charge is 0.0556 e. The first-order valence-electron chi connectivity index (χ1n) is 3.78. The minimum absolute atomic E-state index is 0.227. The molecule has 2 aliphatic rings. The Bertz CT molecular complexity index is 191. The molecule has 0 unspecified atom stereocenters. The van der Waals surface area contributed by atoms with E-state index < -0.39 is 0 Å². The normalized spacial score (nSPS) is 32.0. The SMILES string of the molecule is C#CC1(C2(C)COC2)CC1. The minimum atomic E-state index is 0.227. The summed E-state index contributed by atoms with van der Waals surface area (Å²) in [5, 5.41) is 0. The molecule has 1 heteroatoms. The van der Waals surface area contributed by atoms with E-state index in [2.05, 4.69) is 12.8 Å². The third-order valence-corrected chi connectivity index (χ3v) is 3.02. The van der Waals surface area contributed by atoms with E-state index in [-0.39, 0.29) is 5.41 Å². The molecule has 0 amide bonds. The number of hydrogen-bond acceptors (Lipinski definition) is 1. The maximum Gasteiger partial charge on any atom is 0.0556 e. The Labute approximate surface area is 61.8 Å². The fourth-order valence-electron chi connectivity index (χ4n) is 1.73. The van der Waals surface area contributed by atoms with Crippen LogP contribution < -0.4 is 0 Å². The van der Waals surface area contributed by atoms with Crippen molar-refractivity contribution in [3.8, 4) is 12.3 Å². The molecule has 2 fully saturated rings. The summed E-state index contributed by atoms with van der Waals surface area (Å²) in [6.07, 6.45) is 7.88. The highest BCUT2D eigenvalue weighted by atomic mass is 16.5. The Hall–Kier alpha value is -0.480. The van der Waals surface area contributed by atoms with Crippen LogP contribution in [0.3, 0.4) is 0 Å². The topological polar surface area (TPSA) is 9.23 Å². The summed E-state index contributed by atoms with van der Waals surface area (Å²) in [4.78, 5) is 0. The monoisotopic (exact) mass is 136 g/mol. The molecular formula is C9H12O. The van der Waals surface area contributed by atoms with Crippen molar-refractivity contribution in [2.45, 2.75) is 19.8 Å². The second-order valence-electron chi connectivity index (χ2n) is 3.78. The van der Waals surface area contributed by atoms with Gasteiger partial charge < -0.3 is 4.74 Å². The van der Waals surface area contributed by atoms with Crippen molar-refractivity contribution in [3.63, 3.8) is 0 Å². The molecule has 1 nitrogen and oxygen atoms in total. The molecule has 0 N–H and O–H groups in total. The summed E-state index contributed by atoms with van der Waals surface area (Å²) >= 11 is 0. The molecule has 1 aliphatic carbocycles. The highest BCUT2D eigenvalue weighted by Crippen LogP contribution is 2.60. The molecule has 0 aromatic carbocycles. The van der Waals surface area contributed by atoms with E-state index in [0.29, 0.717) is 5.41 Å². The molecule has 1 heterocycles. The number of rotatable bonds is 1. The standard InChI is InChI=1S/C9H12O/c1-3-9(4-5-9)8(2)6-10-7-8/h1H,4-7H2,2H3. The van der Waals surface area contributed by atoms with Crippen LogP contribution in [0.15, 0.2) is 0 Å². The van der Waals surface area contributed by atoms with Crippen molar-refractivity contribution in [1.29, 1.82) is 0 Å². The van der Waals surface area contributed by atoms with Crippen LogP contribution in [0, 0.1) is 23.2 Å². The fraction of sp³-hybridized carbons (Fsp3) is 0.778. The summed E-state index contributed by atoms with van der Waals surface area (Å²) in [5.74, 6) is 2.91. The summed E-state index contributed by atoms with van der Waals surface area (Å²) in [6, 6.07) is 0. The van der Waals surface area contributed by atoms with Crippen molar-refractivity contribution in [2.75, 3.05) is 13.2 Å². The third-order valence-electron chi connectivity index (χ3n) is 3.02. The van der Waals surface area contributed by atoms with Gasteiger partial charge in [-0.25, -0.2) is 0 Å². The van der Waals surface area contributed by atoms with Crippen LogP contribution >= 0.6 is 0 Å². The van der Waals surface area contributed by atoms with Gasteiger partial charge in [0.1, 0.15) is 0 Å². The maximum atomic E-state index is 5.46. The molecule has 10 heavy (non-hydrogen) atoms. The van der Waals surface area contributed by atoms with Gasteiger partial charge in [0.05, 0.1) is 13.2 Å². The molecule has 0 spiro atoms. The Balaban J connectivity index is 2.18. The fourth-order valence-corrected chi connectivity index (χ4v) is 1.73. The second kappa shape index (κ2) is 1.57. The number of ether oxygens (including phenoxy) is 1. The van der Waals surface area contributed by atoms with E-state index in [1.807, 2.05) is 0 Å². The van der Waals surface area contributed by atoms with E-state index in [1.165, 1.54) is 12.8 Å². The van der Waals surface area contributed by atoms with Gasteiger partial charge in [-0.1, -0.05) is 12.8 Å². The minimum Gasteiger partial charge on any atom is -0.380 e. The molecule has 1 saturated carbocycles. The first kappa shape index (κ1) is 6.24. The van der Waals surface area contributed by atoms with Gasteiger partial charge in [-0.2, -0.15) is 0 Å². The van der Waals surface area contributed by atoms with Gasteiger partial charge in [0.2, 0.25) is 0 Å². The molecule has 0 aromatic rings. The van der Waals surface area contributed by atoms with Gasteiger partial charge in [0.15, 0.2) is 0 Å². The lowest BCUT2D eigenvalue weighted by molar-refractivity contribution is -0.129. The summed E-state index contributed by atoms with van der Waals surface area (Å²) in [5.41, 5.74) is 0.549. The van der Waals surface area contributed by atoms with Crippen LogP contribution in [0.1, 0.15) is 19.8 Å². The largest absolute Gasteiger partial charge is 0.380 e. The first-order valence-corrected chi connectivity index (χ1v) is 3.78. The lowest BCUT2D eigenvalue weighted by Gasteiger charge is -2.42. The van der Waals surface area contributed by atoms with Crippen molar-refractivity contribution in [3.05, 3.63) is 0 Å². The van der Waals surface area contributed by atoms with E-state index in [4.69, 9.17) is 11.2 Å². The summed E-state index contributed by atoms with van der Waals surface area (Å²) in [7, 11) is 0. The van der Waals surface area contributed by atoms with Crippen LogP contribution in [-0.4, -0.2) is 13.2 Å². The Morgan fingerprint density at radius 3 is 2.10 bits per heavy atom. The Morgan fingerprint density at radius 1 is 1.40 bits per heavy atom. The highest BCUT2D eigenvalue weighted by Gasteiger charge is 2.59. The number of hydrogen-bond donors (Lipinski definition) is 0. The lowest BCUT2D eigenvalue weighted by atomic mass is 9.73. The van der Waals surface area contributed by atoms with Crippen molar-refractivity contribution >= 4 is 0 Å². The van der Waals surface area contributed by atoms with E-state index in [0.717, 1.165) is 13.2 Å². The van der Waals surface area contributed by atoms with Gasteiger partial charge in [0.25, 0.3) is 0 Å². The average molecular weight is 136 g/mol. The summed E-state index contributed by atoms with van der Waals surface area (Å²) in [6.45, 7) is 3.98. The van der Waals surface area contributed by atoms with Crippen molar-refractivity contribution in [1.82, 2.24) is 0 Å². The quantitative estimate of drug-likeness (QED) is 0.495. The van der Waals surface area contributed by atoms with Crippen molar-refractivity contribution in [2.24, 2.45) is 10.8 Å². The molecule has 0 atom stereocenters. The summed E-state index contributed by atoms with van der Waals surface area (Å²) < 4.78 is 5.17. The van der Waals surface area contributed by atoms with E-state index in [9.17, 15) is 0 Å². The van der Waals surface area contributed by atoms with E-state index in [1.54, 1.807) is 0 Å². The molecule has 54 valence electrons. The zero-order chi connectivity index (χ0) is 7.24. The highest BCUT2D eigenvalue weighted by molar-refractivity contribution is 5.23. The van der Waals surface area contributed by atoms with Crippen molar-refractivity contribution < 1.29 is 4.74 Å². The van der Waals surface area contributed by atoms with Gasteiger partial charge in [0, 0.05) is 10.8 Å². The Morgan fingerprint density at radius 2 is 2.00 bits per heavy atom. The number of terminal acetylenes is 1. The molecule has 0 aromatic heterocycles. The van der Waals surface area contributed by atoms with Crippen LogP contribution in [0.2, 0.25) is 0 Å². The van der Waals surface area contributed by atoms with Crippen LogP contribution in [0.25, 0.3) is 0 Å². The second-order valence-corrected chi connectivity index (χ2v) is 3.78. The maximum absolute atomic E-state index is 5.46. The third kappa shape index (κ3) is 0.532. The van der Waals surface area contributed by atoms with Gasteiger partial charge >= 0.3 is 0 Å². The van der Waals surface area contributed by atoms with Gasteiger partial charge in [-0.3, -0.25) is 0 Å². The molecule has 0 radical (unpaired) electrons. The predicted molar refractivity (Wildman–Crippen MR) is 39.4 cm³/mol. The first-order chi connectivity index (χ1) is 4.72. The molecule has 1 aliphatic heterocycles. The molecule has 2 rings (SSSR count). The zero-order valence-electron chi connectivity index (χ0n) is 6.31. The molecule has 1 saturated heterocycles. The van der Waals surface area contributed by atoms with Crippen LogP contribution in [0.4, 0.5) is 0 Å². The zero-order valence-corrected chi connectivity index (χ0v) is 6.31. The van der Waals surface area contributed by atoms with Crippen LogP contribution in [-0.2, 0) is 4.74 Å². The van der Waals surface area contributed by atoms with E-state index >= 15 is 0 Å². The lowest BCUT2D eigenvalue weighted by Crippen LogP contribution is -2.46. The average Bonchev–Trinajstić information content (AvgIpc) is 2.63. The molecule has 0 bridgehead atoms. The molecular weight excluding hydrogens is 124 g/mol. The van der Waals surface area contributed by atoms with Gasteiger partial charge in [-0.15, -0.1) is 6.42 Å². The predicted octanol–water partition coefficient (Wildman–Crippen LogP) is 1.44.